The van der Waals surface area contributed by atoms with Crippen LogP contribution in [0.25, 0.3) is 0 Å². The zero-order valence-corrected chi connectivity index (χ0v) is 11.0. The maximum atomic E-state index is 11.6. The van der Waals surface area contributed by atoms with E-state index in [2.05, 4.69) is 26.3 Å². The Kier molecular flexibility index (Phi) is 3.63. The molecule has 88 valence electrons. The predicted molar refractivity (Wildman–Crippen MR) is 65.4 cm³/mol. The molecule has 0 radical (unpaired) electrons. The van der Waals surface area contributed by atoms with Crippen molar-refractivity contribution in [3.8, 4) is 0 Å². The van der Waals surface area contributed by atoms with E-state index in [1.54, 1.807) is 0 Å². The molecule has 1 aromatic heterocycles. The fraction of sp³-hybridized carbons (Fsp3) is 0.636. The Bertz CT molecular complexity index is 389. The SMILES string of the molecule is Cn1ncc2c1CCCC2NC(=O)CCBr. The second-order valence-corrected chi connectivity index (χ2v) is 4.91. The lowest BCUT2D eigenvalue weighted by Gasteiger charge is -2.23. The van der Waals surface area contributed by atoms with Gasteiger partial charge in [0.15, 0.2) is 0 Å². The standard InChI is InChI=1S/C11H16BrN3O/c1-15-10-4-2-3-9(8(10)7-13-15)14-11(16)5-6-12/h7,9H,2-6H2,1H3,(H,14,16). The van der Waals surface area contributed by atoms with Crippen LogP contribution < -0.4 is 5.32 Å². The van der Waals surface area contributed by atoms with E-state index in [9.17, 15) is 4.79 Å². The molecule has 1 N–H and O–H groups in total. The monoisotopic (exact) mass is 285 g/mol. The molecule has 0 aromatic carbocycles. The predicted octanol–water partition coefficient (Wildman–Crippen LogP) is 1.70. The highest BCUT2D eigenvalue weighted by Gasteiger charge is 2.24. The third-order valence-corrected chi connectivity index (χ3v) is 3.43. The van der Waals surface area contributed by atoms with Gasteiger partial charge in [0.1, 0.15) is 0 Å². The summed E-state index contributed by atoms with van der Waals surface area (Å²) >= 11 is 3.27. The molecule has 1 aliphatic rings. The average Bonchev–Trinajstić information content (AvgIpc) is 2.62. The van der Waals surface area contributed by atoms with E-state index in [1.165, 1.54) is 11.3 Å². The minimum Gasteiger partial charge on any atom is -0.349 e. The van der Waals surface area contributed by atoms with Crippen LogP contribution in [0.1, 0.15) is 36.6 Å². The highest BCUT2D eigenvalue weighted by Crippen LogP contribution is 2.29. The van der Waals surface area contributed by atoms with E-state index in [0.29, 0.717) is 11.8 Å². The molecule has 1 unspecified atom stereocenters. The van der Waals surface area contributed by atoms with Crippen LogP contribution in [0.4, 0.5) is 0 Å². The van der Waals surface area contributed by atoms with Gasteiger partial charge in [-0.3, -0.25) is 9.48 Å². The van der Waals surface area contributed by atoms with Crippen molar-refractivity contribution in [2.45, 2.75) is 31.7 Å². The number of carbonyl (C=O) groups excluding carboxylic acids is 1. The van der Waals surface area contributed by atoms with Crippen molar-refractivity contribution >= 4 is 21.8 Å². The number of amides is 1. The normalized spacial score (nSPS) is 19.2. The highest BCUT2D eigenvalue weighted by atomic mass is 79.9. The number of halogens is 1. The van der Waals surface area contributed by atoms with Crippen molar-refractivity contribution < 1.29 is 4.79 Å². The van der Waals surface area contributed by atoms with Gasteiger partial charge in [0.25, 0.3) is 0 Å². The summed E-state index contributed by atoms with van der Waals surface area (Å²) in [6.45, 7) is 0. The van der Waals surface area contributed by atoms with Gasteiger partial charge < -0.3 is 5.32 Å². The van der Waals surface area contributed by atoms with Gasteiger partial charge in [-0.2, -0.15) is 5.10 Å². The Balaban J connectivity index is 2.10. The molecular formula is C11H16BrN3O. The lowest BCUT2D eigenvalue weighted by atomic mass is 9.93. The molecule has 5 heteroatoms. The molecule has 1 heterocycles. The summed E-state index contributed by atoms with van der Waals surface area (Å²) in [4.78, 5) is 11.6. The number of aryl methyl sites for hydroxylation is 1. The second-order valence-electron chi connectivity index (χ2n) is 4.12. The van der Waals surface area contributed by atoms with Crippen molar-refractivity contribution in [3.63, 3.8) is 0 Å². The molecule has 0 aliphatic heterocycles. The fourth-order valence-corrected chi connectivity index (χ4v) is 2.57. The second kappa shape index (κ2) is 4.99. The molecule has 0 spiro atoms. The molecule has 1 aliphatic carbocycles. The first-order valence-corrected chi connectivity index (χ1v) is 6.70. The average molecular weight is 286 g/mol. The van der Waals surface area contributed by atoms with Crippen LogP contribution in [0, 0.1) is 0 Å². The molecule has 1 amide bonds. The molecule has 0 saturated heterocycles. The van der Waals surface area contributed by atoms with Crippen molar-refractivity contribution in [3.05, 3.63) is 17.5 Å². The van der Waals surface area contributed by atoms with E-state index in [0.717, 1.165) is 19.3 Å². The molecule has 0 saturated carbocycles. The van der Waals surface area contributed by atoms with Gasteiger partial charge in [-0.1, -0.05) is 15.9 Å². The van der Waals surface area contributed by atoms with Crippen LogP contribution in [-0.2, 0) is 18.3 Å². The molecule has 4 nitrogen and oxygen atoms in total. The van der Waals surface area contributed by atoms with E-state index in [1.807, 2.05) is 17.9 Å². The quantitative estimate of drug-likeness (QED) is 0.860. The van der Waals surface area contributed by atoms with Gasteiger partial charge >= 0.3 is 0 Å². The lowest BCUT2D eigenvalue weighted by molar-refractivity contribution is -0.121. The number of nitrogens with one attached hydrogen (secondary N) is 1. The summed E-state index contributed by atoms with van der Waals surface area (Å²) in [5.41, 5.74) is 2.45. The summed E-state index contributed by atoms with van der Waals surface area (Å²) in [5.74, 6) is 0.110. The van der Waals surface area contributed by atoms with Crippen molar-refractivity contribution in [1.82, 2.24) is 15.1 Å². The van der Waals surface area contributed by atoms with Crippen LogP contribution in [-0.4, -0.2) is 21.0 Å². The number of fused-ring (bicyclic) bond motifs is 1. The summed E-state index contributed by atoms with van der Waals surface area (Å²) in [6, 6.07) is 0.156. The molecule has 2 rings (SSSR count). The van der Waals surface area contributed by atoms with Crippen molar-refractivity contribution in [2.75, 3.05) is 5.33 Å². The van der Waals surface area contributed by atoms with Crippen LogP contribution in [0.15, 0.2) is 6.20 Å². The van der Waals surface area contributed by atoms with Gasteiger partial charge in [-0.25, -0.2) is 0 Å². The molecule has 1 aromatic rings. The zero-order chi connectivity index (χ0) is 11.5. The number of hydrogen-bond donors (Lipinski definition) is 1. The third kappa shape index (κ3) is 2.29. The molecule has 1 atom stereocenters. The maximum Gasteiger partial charge on any atom is 0.221 e. The number of carbonyl (C=O) groups is 1. The van der Waals surface area contributed by atoms with Crippen LogP contribution >= 0.6 is 15.9 Å². The van der Waals surface area contributed by atoms with Gasteiger partial charge in [0.05, 0.1) is 12.2 Å². The first-order chi connectivity index (χ1) is 7.72. The largest absolute Gasteiger partial charge is 0.349 e. The van der Waals surface area contributed by atoms with Crippen LogP contribution in [0.5, 0.6) is 0 Å². The number of alkyl halides is 1. The minimum atomic E-state index is 0.110. The molecule has 0 bridgehead atoms. The van der Waals surface area contributed by atoms with Gasteiger partial charge in [0.2, 0.25) is 5.91 Å². The first-order valence-electron chi connectivity index (χ1n) is 5.58. The van der Waals surface area contributed by atoms with Gasteiger partial charge in [-0.15, -0.1) is 0 Å². The minimum absolute atomic E-state index is 0.110. The first kappa shape index (κ1) is 11.6. The van der Waals surface area contributed by atoms with E-state index < -0.39 is 0 Å². The van der Waals surface area contributed by atoms with Crippen molar-refractivity contribution in [2.24, 2.45) is 7.05 Å². The molecule has 16 heavy (non-hydrogen) atoms. The fourth-order valence-electron chi connectivity index (χ4n) is 2.21. The summed E-state index contributed by atoms with van der Waals surface area (Å²) in [5, 5.41) is 8.04. The van der Waals surface area contributed by atoms with Gasteiger partial charge in [-0.05, 0) is 19.3 Å². The maximum absolute atomic E-state index is 11.6. The Morgan fingerprint density at radius 3 is 3.31 bits per heavy atom. The molecular weight excluding hydrogens is 270 g/mol. The summed E-state index contributed by atoms with van der Waals surface area (Å²) < 4.78 is 1.91. The Hall–Kier alpha value is -0.840. The van der Waals surface area contributed by atoms with Crippen LogP contribution in [0.3, 0.4) is 0 Å². The third-order valence-electron chi connectivity index (χ3n) is 3.03. The molecule has 0 fully saturated rings. The van der Waals surface area contributed by atoms with E-state index in [-0.39, 0.29) is 11.9 Å². The topological polar surface area (TPSA) is 46.9 Å². The number of aromatic nitrogens is 2. The van der Waals surface area contributed by atoms with Gasteiger partial charge in [0, 0.05) is 30.1 Å². The van der Waals surface area contributed by atoms with E-state index in [4.69, 9.17) is 0 Å². The number of hydrogen-bond acceptors (Lipinski definition) is 2. The van der Waals surface area contributed by atoms with Crippen molar-refractivity contribution in [1.29, 1.82) is 0 Å². The van der Waals surface area contributed by atoms with E-state index >= 15 is 0 Å². The number of nitrogens with zero attached hydrogens (tertiary/aromatic N) is 2. The van der Waals surface area contributed by atoms with Crippen LogP contribution in [0.2, 0.25) is 0 Å². The Morgan fingerprint density at radius 2 is 2.56 bits per heavy atom. The smallest absolute Gasteiger partial charge is 0.221 e. The zero-order valence-electron chi connectivity index (χ0n) is 9.37. The Labute approximate surface area is 104 Å². The summed E-state index contributed by atoms with van der Waals surface area (Å²) in [7, 11) is 1.96. The number of rotatable bonds is 3. The lowest BCUT2D eigenvalue weighted by Crippen LogP contribution is -2.30. The highest BCUT2D eigenvalue weighted by molar-refractivity contribution is 9.09. The Morgan fingerprint density at radius 1 is 1.75 bits per heavy atom. The summed E-state index contributed by atoms with van der Waals surface area (Å²) in [6.07, 6.45) is 5.62.